The lowest BCUT2D eigenvalue weighted by Gasteiger charge is -2.18. The fraction of sp³-hybridized carbons (Fsp3) is 0.133. The number of hydrogen-bond donors (Lipinski definition) is 2. The first kappa shape index (κ1) is 20.5. The summed E-state index contributed by atoms with van der Waals surface area (Å²) in [6, 6.07) is 11.1. The molecule has 0 aromatic heterocycles. The van der Waals surface area contributed by atoms with Gasteiger partial charge in [-0.25, -0.2) is 16.8 Å². The topological polar surface area (TPSA) is 113 Å². The zero-order chi connectivity index (χ0) is 19.5. The normalized spacial score (nSPS) is 12.2. The Morgan fingerprint density at radius 3 is 1.92 bits per heavy atom. The molecular weight excluding hydrogens is 446 g/mol. The number of halogens is 1. The molecule has 2 aromatic carbocycles. The number of carbonyl (C=O) groups excluding carboxylic acids is 1. The first-order chi connectivity index (χ1) is 12.0. The molecule has 2 rings (SSSR count). The van der Waals surface area contributed by atoms with Crippen molar-refractivity contribution in [3.05, 3.63) is 53.0 Å². The Morgan fingerprint density at radius 1 is 0.923 bits per heavy atom. The molecule has 0 aliphatic heterocycles. The van der Waals surface area contributed by atoms with Gasteiger partial charge in [0.2, 0.25) is 5.91 Å². The van der Waals surface area contributed by atoms with E-state index < -0.39 is 20.0 Å². The second-order valence-corrected chi connectivity index (χ2v) is 9.77. The molecule has 0 heterocycles. The van der Waals surface area contributed by atoms with Gasteiger partial charge in [-0.3, -0.25) is 4.79 Å². The predicted molar refractivity (Wildman–Crippen MR) is 100 cm³/mol. The number of nitrogens with one attached hydrogen (secondary N) is 2. The third-order valence-corrected chi connectivity index (χ3v) is 6.94. The van der Waals surface area contributed by atoms with Gasteiger partial charge in [0.05, 0.1) is 9.79 Å². The van der Waals surface area contributed by atoms with Gasteiger partial charge < -0.3 is 5.32 Å². The van der Waals surface area contributed by atoms with E-state index in [0.29, 0.717) is 14.6 Å². The SMILES string of the molecule is CC(=O)Nc1ccc(S(=O)(=O)NN(C)S(=O)(=O)c2ccc(Br)cc2)cc1. The molecule has 2 N–H and O–H groups in total. The quantitative estimate of drug-likeness (QED) is 0.637. The molecule has 0 saturated carbocycles. The molecule has 0 unspecified atom stereocenters. The van der Waals surface area contributed by atoms with Crippen LogP contribution >= 0.6 is 15.9 Å². The molecule has 0 aliphatic rings. The van der Waals surface area contributed by atoms with Gasteiger partial charge in [-0.1, -0.05) is 15.9 Å². The van der Waals surface area contributed by atoms with E-state index in [4.69, 9.17) is 0 Å². The van der Waals surface area contributed by atoms with Crippen LogP contribution in [0.2, 0.25) is 0 Å². The van der Waals surface area contributed by atoms with Crippen LogP contribution in [-0.4, -0.2) is 34.2 Å². The fourth-order valence-corrected chi connectivity index (χ4v) is 4.64. The molecule has 8 nitrogen and oxygen atoms in total. The van der Waals surface area contributed by atoms with Crippen LogP contribution < -0.4 is 10.1 Å². The summed E-state index contributed by atoms with van der Waals surface area (Å²) in [6.45, 7) is 1.33. The fourth-order valence-electron chi connectivity index (χ4n) is 1.96. The van der Waals surface area contributed by atoms with Gasteiger partial charge in [0.15, 0.2) is 0 Å². The van der Waals surface area contributed by atoms with E-state index in [2.05, 4.69) is 21.2 Å². The number of rotatable bonds is 6. The molecule has 0 spiro atoms. The molecule has 140 valence electrons. The third-order valence-electron chi connectivity index (χ3n) is 3.21. The van der Waals surface area contributed by atoms with E-state index in [1.165, 1.54) is 55.5 Å². The van der Waals surface area contributed by atoms with Crippen LogP contribution in [0.4, 0.5) is 5.69 Å². The second kappa shape index (κ2) is 7.84. The predicted octanol–water partition coefficient (Wildman–Crippen LogP) is 1.92. The minimum absolute atomic E-state index is 0.0630. The maximum atomic E-state index is 12.5. The molecule has 0 fully saturated rings. The first-order valence-corrected chi connectivity index (χ1v) is 10.9. The van der Waals surface area contributed by atoms with Crippen LogP contribution in [-0.2, 0) is 24.8 Å². The maximum absolute atomic E-state index is 12.5. The number of nitrogens with zero attached hydrogens (tertiary/aromatic N) is 1. The highest BCUT2D eigenvalue weighted by Gasteiger charge is 2.26. The molecule has 11 heteroatoms. The van der Waals surface area contributed by atoms with Gasteiger partial charge in [0.25, 0.3) is 20.0 Å². The van der Waals surface area contributed by atoms with E-state index in [1.54, 1.807) is 0 Å². The number of hydrazine groups is 1. The number of hydrogen-bond acceptors (Lipinski definition) is 5. The largest absolute Gasteiger partial charge is 0.326 e. The summed E-state index contributed by atoms with van der Waals surface area (Å²) >= 11 is 3.20. The highest BCUT2D eigenvalue weighted by molar-refractivity contribution is 9.10. The van der Waals surface area contributed by atoms with Crippen molar-refractivity contribution < 1.29 is 21.6 Å². The van der Waals surface area contributed by atoms with Crippen molar-refractivity contribution in [1.29, 1.82) is 0 Å². The number of carbonyl (C=O) groups is 1. The number of benzene rings is 2. The lowest BCUT2D eigenvalue weighted by molar-refractivity contribution is -0.114. The number of anilines is 1. The average Bonchev–Trinajstić information content (AvgIpc) is 2.54. The van der Waals surface area contributed by atoms with Crippen molar-refractivity contribution in [3.8, 4) is 0 Å². The summed E-state index contributed by atoms with van der Waals surface area (Å²) in [5.41, 5.74) is 0.423. The maximum Gasteiger partial charge on any atom is 0.256 e. The number of sulfonamides is 2. The van der Waals surface area contributed by atoms with Gasteiger partial charge in [0.1, 0.15) is 0 Å². The number of amides is 1. The Bertz CT molecular complexity index is 1000. The standard InChI is InChI=1S/C15H16BrN3O5S2/c1-11(20)17-13-5-9-14(10-6-13)25(21,22)18-19(2)26(23,24)15-7-3-12(16)4-8-15/h3-10,18H,1-2H3,(H,17,20). The smallest absolute Gasteiger partial charge is 0.256 e. The van der Waals surface area contributed by atoms with Crippen LogP contribution in [0.3, 0.4) is 0 Å². The van der Waals surface area contributed by atoms with Gasteiger partial charge in [-0.15, -0.1) is 9.25 Å². The van der Waals surface area contributed by atoms with Crippen molar-refractivity contribution in [3.63, 3.8) is 0 Å². The molecule has 0 saturated heterocycles. The van der Waals surface area contributed by atoms with Gasteiger partial charge in [-0.05, 0) is 48.5 Å². The molecule has 0 aliphatic carbocycles. The monoisotopic (exact) mass is 461 g/mol. The van der Waals surface area contributed by atoms with E-state index >= 15 is 0 Å². The van der Waals surface area contributed by atoms with Crippen LogP contribution in [0.15, 0.2) is 62.8 Å². The molecule has 0 radical (unpaired) electrons. The molecular formula is C15H16BrN3O5S2. The van der Waals surface area contributed by atoms with Crippen LogP contribution in [0.25, 0.3) is 0 Å². The highest BCUT2D eigenvalue weighted by Crippen LogP contribution is 2.19. The zero-order valence-electron chi connectivity index (χ0n) is 13.8. The van der Waals surface area contributed by atoms with Gasteiger partial charge in [0, 0.05) is 24.1 Å². The molecule has 2 aromatic rings. The average molecular weight is 462 g/mol. The first-order valence-electron chi connectivity index (χ1n) is 7.17. The van der Waals surface area contributed by atoms with Crippen molar-refractivity contribution >= 4 is 47.6 Å². The summed E-state index contributed by atoms with van der Waals surface area (Å²) in [4.78, 5) is 12.8. The summed E-state index contributed by atoms with van der Waals surface area (Å²) < 4.78 is 50.9. The highest BCUT2D eigenvalue weighted by atomic mass is 79.9. The third kappa shape index (κ3) is 4.89. The minimum atomic E-state index is -4.13. The van der Waals surface area contributed by atoms with Crippen molar-refractivity contribution in [1.82, 2.24) is 9.25 Å². The summed E-state index contributed by atoms with van der Waals surface area (Å²) in [5.74, 6) is -0.293. The van der Waals surface area contributed by atoms with Crippen LogP contribution in [0, 0.1) is 0 Å². The minimum Gasteiger partial charge on any atom is -0.326 e. The summed E-state index contributed by atoms with van der Waals surface area (Å²) in [6.07, 6.45) is 0. The van der Waals surface area contributed by atoms with Crippen molar-refractivity contribution in [2.24, 2.45) is 0 Å². The Hall–Kier alpha value is -1.79. The Balaban J connectivity index is 2.22. The molecule has 26 heavy (non-hydrogen) atoms. The van der Waals surface area contributed by atoms with Gasteiger partial charge >= 0.3 is 0 Å². The Morgan fingerprint density at radius 2 is 1.42 bits per heavy atom. The molecule has 0 bridgehead atoms. The van der Waals surface area contributed by atoms with E-state index in [0.717, 1.165) is 7.05 Å². The zero-order valence-corrected chi connectivity index (χ0v) is 17.0. The van der Waals surface area contributed by atoms with Crippen molar-refractivity contribution in [2.75, 3.05) is 12.4 Å². The lowest BCUT2D eigenvalue weighted by Crippen LogP contribution is -2.43. The Kier molecular flexibility index (Phi) is 6.19. The van der Waals surface area contributed by atoms with Crippen molar-refractivity contribution in [2.45, 2.75) is 16.7 Å². The Labute approximate surface area is 160 Å². The summed E-state index contributed by atoms with van der Waals surface area (Å²) in [5, 5.41) is 2.51. The lowest BCUT2D eigenvalue weighted by atomic mass is 10.3. The van der Waals surface area contributed by atoms with Crippen LogP contribution in [0.5, 0.6) is 0 Å². The van der Waals surface area contributed by atoms with E-state index in [1.807, 2.05) is 4.83 Å². The second-order valence-electron chi connectivity index (χ2n) is 5.23. The molecule has 1 amide bonds. The van der Waals surface area contributed by atoms with E-state index in [-0.39, 0.29) is 15.7 Å². The van der Waals surface area contributed by atoms with Gasteiger partial charge in [-0.2, -0.15) is 0 Å². The van der Waals surface area contributed by atoms with Crippen LogP contribution in [0.1, 0.15) is 6.92 Å². The van der Waals surface area contributed by atoms with E-state index in [9.17, 15) is 21.6 Å². The molecule has 0 atom stereocenters. The summed E-state index contributed by atoms with van der Waals surface area (Å²) in [7, 11) is -7.09.